The van der Waals surface area contributed by atoms with E-state index in [0.717, 1.165) is 5.69 Å². The highest BCUT2D eigenvalue weighted by molar-refractivity contribution is 5.93. The number of benzene rings is 1. The summed E-state index contributed by atoms with van der Waals surface area (Å²) < 4.78 is 0. The van der Waals surface area contributed by atoms with E-state index in [9.17, 15) is 4.79 Å². The summed E-state index contributed by atoms with van der Waals surface area (Å²) in [5, 5.41) is 0. The van der Waals surface area contributed by atoms with Crippen LogP contribution in [-0.4, -0.2) is 19.0 Å². The molecule has 17 heavy (non-hydrogen) atoms. The SMILES string of the molecule is CCN(C(=O)CC(C)CN)c1ccc(C)cc1. The molecule has 0 aliphatic rings. The fourth-order valence-electron chi connectivity index (χ4n) is 1.72. The first-order valence-corrected chi connectivity index (χ1v) is 6.15. The van der Waals surface area contributed by atoms with Crippen LogP contribution in [0.2, 0.25) is 0 Å². The van der Waals surface area contributed by atoms with E-state index in [2.05, 4.69) is 0 Å². The molecule has 3 nitrogen and oxygen atoms in total. The van der Waals surface area contributed by atoms with Crippen molar-refractivity contribution >= 4 is 11.6 Å². The summed E-state index contributed by atoms with van der Waals surface area (Å²) in [4.78, 5) is 13.9. The minimum absolute atomic E-state index is 0.148. The molecule has 0 spiro atoms. The number of rotatable bonds is 5. The molecule has 0 aromatic heterocycles. The highest BCUT2D eigenvalue weighted by Crippen LogP contribution is 2.17. The Bertz CT molecular complexity index is 359. The van der Waals surface area contributed by atoms with E-state index in [1.54, 1.807) is 0 Å². The number of nitrogens with two attached hydrogens (primary N) is 1. The number of anilines is 1. The average molecular weight is 234 g/mol. The van der Waals surface area contributed by atoms with Gasteiger partial charge in [0.2, 0.25) is 5.91 Å². The predicted molar refractivity (Wildman–Crippen MR) is 72.0 cm³/mol. The van der Waals surface area contributed by atoms with Crippen LogP contribution >= 0.6 is 0 Å². The summed E-state index contributed by atoms with van der Waals surface area (Å²) in [6, 6.07) is 8.03. The summed E-state index contributed by atoms with van der Waals surface area (Å²) in [6.07, 6.45) is 0.512. The second-order valence-electron chi connectivity index (χ2n) is 4.52. The molecule has 0 fully saturated rings. The summed E-state index contributed by atoms with van der Waals surface area (Å²) in [6.45, 7) is 7.28. The molecule has 1 aromatic carbocycles. The van der Waals surface area contributed by atoms with Crippen LogP contribution in [0.5, 0.6) is 0 Å². The van der Waals surface area contributed by atoms with Gasteiger partial charge in [0.1, 0.15) is 0 Å². The van der Waals surface area contributed by atoms with Crippen LogP contribution in [0, 0.1) is 12.8 Å². The van der Waals surface area contributed by atoms with Crippen molar-refractivity contribution in [2.75, 3.05) is 18.0 Å². The molecule has 1 aromatic rings. The molecule has 3 heteroatoms. The first-order chi connectivity index (χ1) is 8.08. The van der Waals surface area contributed by atoms with Gasteiger partial charge < -0.3 is 10.6 Å². The van der Waals surface area contributed by atoms with Gasteiger partial charge in [0.25, 0.3) is 0 Å². The lowest BCUT2D eigenvalue weighted by Crippen LogP contribution is -2.32. The van der Waals surface area contributed by atoms with Gasteiger partial charge in [0, 0.05) is 18.7 Å². The molecule has 1 atom stereocenters. The van der Waals surface area contributed by atoms with E-state index >= 15 is 0 Å². The standard InChI is InChI=1S/C14H22N2O/c1-4-16(14(17)9-12(3)10-15)13-7-5-11(2)6-8-13/h5-8,12H,4,9-10,15H2,1-3H3. The Morgan fingerprint density at radius 2 is 1.94 bits per heavy atom. The van der Waals surface area contributed by atoms with Crippen LogP contribution in [0.1, 0.15) is 25.8 Å². The smallest absolute Gasteiger partial charge is 0.227 e. The van der Waals surface area contributed by atoms with E-state index < -0.39 is 0 Å². The largest absolute Gasteiger partial charge is 0.330 e. The number of aryl methyl sites for hydroxylation is 1. The van der Waals surface area contributed by atoms with Gasteiger partial charge in [-0.1, -0.05) is 24.6 Å². The Morgan fingerprint density at radius 3 is 2.41 bits per heavy atom. The Hall–Kier alpha value is -1.35. The van der Waals surface area contributed by atoms with Gasteiger partial charge in [-0.25, -0.2) is 0 Å². The van der Waals surface area contributed by atoms with Gasteiger partial charge >= 0.3 is 0 Å². The van der Waals surface area contributed by atoms with E-state index in [1.165, 1.54) is 5.56 Å². The van der Waals surface area contributed by atoms with E-state index in [-0.39, 0.29) is 11.8 Å². The van der Waals surface area contributed by atoms with E-state index in [4.69, 9.17) is 5.73 Å². The minimum Gasteiger partial charge on any atom is -0.330 e. The molecule has 1 amide bonds. The van der Waals surface area contributed by atoms with Crippen molar-refractivity contribution in [1.29, 1.82) is 0 Å². The van der Waals surface area contributed by atoms with Crippen molar-refractivity contribution in [3.8, 4) is 0 Å². The van der Waals surface area contributed by atoms with Crippen LogP contribution in [0.15, 0.2) is 24.3 Å². The molecule has 0 heterocycles. The average Bonchev–Trinajstić information content (AvgIpc) is 2.32. The Morgan fingerprint density at radius 1 is 1.35 bits per heavy atom. The summed E-state index contributed by atoms with van der Waals surface area (Å²) >= 11 is 0. The Kier molecular flexibility index (Phi) is 5.16. The number of amides is 1. The Labute approximate surface area is 104 Å². The number of carbonyl (C=O) groups is 1. The van der Waals surface area contributed by atoms with Crippen molar-refractivity contribution in [3.63, 3.8) is 0 Å². The molecule has 2 N–H and O–H groups in total. The zero-order chi connectivity index (χ0) is 12.8. The molecule has 0 radical (unpaired) electrons. The lowest BCUT2D eigenvalue weighted by molar-refractivity contribution is -0.119. The van der Waals surface area contributed by atoms with Crippen LogP contribution in [0.25, 0.3) is 0 Å². The maximum Gasteiger partial charge on any atom is 0.227 e. The normalized spacial score (nSPS) is 12.2. The zero-order valence-electron chi connectivity index (χ0n) is 10.9. The highest BCUT2D eigenvalue weighted by atomic mass is 16.2. The summed E-state index contributed by atoms with van der Waals surface area (Å²) in [7, 11) is 0. The lowest BCUT2D eigenvalue weighted by Gasteiger charge is -2.22. The molecule has 0 saturated carbocycles. The monoisotopic (exact) mass is 234 g/mol. The van der Waals surface area contributed by atoms with Gasteiger partial charge in [0.15, 0.2) is 0 Å². The highest BCUT2D eigenvalue weighted by Gasteiger charge is 2.15. The summed E-state index contributed by atoms with van der Waals surface area (Å²) in [5.41, 5.74) is 7.72. The van der Waals surface area contributed by atoms with Crippen LogP contribution in [0.3, 0.4) is 0 Å². The number of nitrogens with zero attached hydrogens (tertiary/aromatic N) is 1. The van der Waals surface area contributed by atoms with Crippen molar-refractivity contribution < 1.29 is 4.79 Å². The molecule has 0 aliphatic carbocycles. The van der Waals surface area contributed by atoms with Crippen LogP contribution < -0.4 is 10.6 Å². The molecular formula is C14H22N2O. The lowest BCUT2D eigenvalue weighted by atomic mass is 10.1. The molecule has 0 bridgehead atoms. The third-order valence-electron chi connectivity index (χ3n) is 2.89. The van der Waals surface area contributed by atoms with Crippen molar-refractivity contribution in [2.45, 2.75) is 27.2 Å². The summed E-state index contributed by atoms with van der Waals surface area (Å²) in [5.74, 6) is 0.385. The maximum atomic E-state index is 12.1. The second-order valence-corrected chi connectivity index (χ2v) is 4.52. The van der Waals surface area contributed by atoms with Gasteiger partial charge in [-0.3, -0.25) is 4.79 Å². The first-order valence-electron chi connectivity index (χ1n) is 6.15. The molecule has 1 unspecified atom stereocenters. The van der Waals surface area contributed by atoms with Crippen molar-refractivity contribution in [2.24, 2.45) is 11.7 Å². The van der Waals surface area contributed by atoms with Gasteiger partial charge in [-0.15, -0.1) is 0 Å². The molecule has 94 valence electrons. The maximum absolute atomic E-state index is 12.1. The van der Waals surface area contributed by atoms with Gasteiger partial charge in [-0.05, 0) is 38.4 Å². The zero-order valence-corrected chi connectivity index (χ0v) is 10.9. The number of hydrogen-bond acceptors (Lipinski definition) is 2. The molecular weight excluding hydrogens is 212 g/mol. The van der Waals surface area contributed by atoms with Gasteiger partial charge in [0.05, 0.1) is 0 Å². The van der Waals surface area contributed by atoms with Crippen molar-refractivity contribution in [1.82, 2.24) is 0 Å². The van der Waals surface area contributed by atoms with E-state index in [0.29, 0.717) is 19.5 Å². The van der Waals surface area contributed by atoms with E-state index in [1.807, 2.05) is 49.9 Å². The topological polar surface area (TPSA) is 46.3 Å². The fourth-order valence-corrected chi connectivity index (χ4v) is 1.72. The quantitative estimate of drug-likeness (QED) is 0.850. The second kappa shape index (κ2) is 6.40. The van der Waals surface area contributed by atoms with Crippen LogP contribution in [-0.2, 0) is 4.79 Å². The molecule has 1 rings (SSSR count). The predicted octanol–water partition coefficient (Wildman–Crippen LogP) is 2.33. The number of carbonyl (C=O) groups excluding carboxylic acids is 1. The third kappa shape index (κ3) is 3.86. The third-order valence-corrected chi connectivity index (χ3v) is 2.89. The Balaban J connectivity index is 2.77. The van der Waals surface area contributed by atoms with Crippen molar-refractivity contribution in [3.05, 3.63) is 29.8 Å². The number of hydrogen-bond donors (Lipinski definition) is 1. The molecule has 0 aliphatic heterocycles. The van der Waals surface area contributed by atoms with Crippen LogP contribution in [0.4, 0.5) is 5.69 Å². The molecule has 0 saturated heterocycles. The fraction of sp³-hybridized carbons (Fsp3) is 0.500. The first kappa shape index (κ1) is 13.7. The minimum atomic E-state index is 0.148. The van der Waals surface area contributed by atoms with Gasteiger partial charge in [-0.2, -0.15) is 0 Å².